The molecule has 25 heavy (non-hydrogen) atoms. The van der Waals surface area contributed by atoms with Crippen molar-refractivity contribution in [2.24, 2.45) is 0 Å². The molecule has 0 spiro atoms. The van der Waals surface area contributed by atoms with Crippen molar-refractivity contribution >= 4 is 11.4 Å². The van der Waals surface area contributed by atoms with Crippen LogP contribution in [0.2, 0.25) is 0 Å². The molecule has 132 valence electrons. The van der Waals surface area contributed by atoms with Crippen LogP contribution in [-0.4, -0.2) is 48.3 Å². The van der Waals surface area contributed by atoms with E-state index in [9.17, 15) is 4.79 Å². The number of hydrogen-bond acceptors (Lipinski definition) is 5. The fourth-order valence-corrected chi connectivity index (χ4v) is 4.02. The summed E-state index contributed by atoms with van der Waals surface area (Å²) in [6.07, 6.45) is 2.97. The third kappa shape index (κ3) is 2.80. The van der Waals surface area contributed by atoms with Gasteiger partial charge in [-0.25, -0.2) is 5.10 Å². The summed E-state index contributed by atoms with van der Waals surface area (Å²) in [6.45, 7) is 5.71. The Morgan fingerprint density at radius 3 is 2.80 bits per heavy atom. The molecule has 2 aliphatic rings. The number of fused-ring (bicyclic) bond motifs is 1. The van der Waals surface area contributed by atoms with Gasteiger partial charge in [-0.15, -0.1) is 0 Å². The van der Waals surface area contributed by atoms with Crippen LogP contribution < -0.4 is 15.4 Å². The molecule has 0 aliphatic carbocycles. The molecule has 0 bridgehead atoms. The Morgan fingerprint density at radius 1 is 1.20 bits per heavy atom. The molecule has 2 aliphatic heterocycles. The van der Waals surface area contributed by atoms with Gasteiger partial charge in [0.15, 0.2) is 0 Å². The van der Waals surface area contributed by atoms with E-state index in [1.807, 2.05) is 6.92 Å². The van der Waals surface area contributed by atoms with E-state index < -0.39 is 0 Å². The van der Waals surface area contributed by atoms with Gasteiger partial charge >= 0.3 is 0 Å². The van der Waals surface area contributed by atoms with E-state index in [2.05, 4.69) is 57.2 Å². The lowest BCUT2D eigenvalue weighted by atomic mass is 10.1. The molecule has 1 unspecified atom stereocenters. The van der Waals surface area contributed by atoms with Crippen molar-refractivity contribution in [3.63, 3.8) is 0 Å². The number of aromatic amines is 1. The molecule has 1 aromatic heterocycles. The highest BCUT2D eigenvalue weighted by atomic mass is 16.1. The van der Waals surface area contributed by atoms with E-state index in [4.69, 9.17) is 0 Å². The van der Waals surface area contributed by atoms with E-state index in [-0.39, 0.29) is 5.56 Å². The van der Waals surface area contributed by atoms with E-state index in [0.717, 1.165) is 37.4 Å². The fourth-order valence-electron chi connectivity index (χ4n) is 4.02. The van der Waals surface area contributed by atoms with Crippen LogP contribution in [0.3, 0.4) is 0 Å². The van der Waals surface area contributed by atoms with Gasteiger partial charge in [0.2, 0.25) is 0 Å². The number of likely N-dealkylation sites (N-methyl/N-ethyl adjacent to an activating group) is 1. The van der Waals surface area contributed by atoms with Crippen LogP contribution in [0.5, 0.6) is 0 Å². The molecule has 1 atom stereocenters. The van der Waals surface area contributed by atoms with Crippen molar-refractivity contribution < 1.29 is 0 Å². The number of anilines is 2. The predicted molar refractivity (Wildman–Crippen MR) is 100 cm³/mol. The van der Waals surface area contributed by atoms with Gasteiger partial charge < -0.3 is 14.7 Å². The Morgan fingerprint density at radius 2 is 2.04 bits per heavy atom. The molecule has 1 N–H and O–H groups in total. The molecule has 0 radical (unpaired) electrons. The molecule has 0 amide bonds. The van der Waals surface area contributed by atoms with Crippen LogP contribution in [0, 0.1) is 6.92 Å². The Hall–Kier alpha value is -2.34. The van der Waals surface area contributed by atoms with E-state index in [1.165, 1.54) is 23.2 Å². The van der Waals surface area contributed by atoms with Crippen LogP contribution in [0.4, 0.5) is 11.4 Å². The van der Waals surface area contributed by atoms with Gasteiger partial charge in [-0.3, -0.25) is 4.79 Å². The zero-order valence-corrected chi connectivity index (χ0v) is 15.1. The molecule has 6 heteroatoms. The highest BCUT2D eigenvalue weighted by Gasteiger charge is 2.29. The number of nitrogens with zero attached hydrogens (tertiary/aromatic N) is 4. The zero-order chi connectivity index (χ0) is 17.6. The second-order valence-corrected chi connectivity index (χ2v) is 7.33. The van der Waals surface area contributed by atoms with Crippen molar-refractivity contribution in [3.8, 4) is 0 Å². The fraction of sp³-hybridized carbons (Fsp3) is 0.474. The largest absolute Gasteiger partial charge is 0.370 e. The summed E-state index contributed by atoms with van der Waals surface area (Å²) in [5.74, 6) is 0. The molecular formula is C19H25N5O. The summed E-state index contributed by atoms with van der Waals surface area (Å²) in [7, 11) is 4.32. The van der Waals surface area contributed by atoms with Crippen LogP contribution in [0.15, 0.2) is 29.2 Å². The highest BCUT2D eigenvalue weighted by Crippen LogP contribution is 2.36. The topological polar surface area (TPSA) is 55.5 Å². The highest BCUT2D eigenvalue weighted by molar-refractivity contribution is 5.64. The molecule has 0 saturated carbocycles. The molecule has 2 aromatic rings. The number of nitrogens with one attached hydrogen (secondary N) is 1. The van der Waals surface area contributed by atoms with Gasteiger partial charge in [-0.05, 0) is 44.6 Å². The second kappa shape index (κ2) is 6.19. The Kier molecular flexibility index (Phi) is 4.00. The first kappa shape index (κ1) is 16.1. The monoisotopic (exact) mass is 339 g/mol. The predicted octanol–water partition coefficient (Wildman–Crippen LogP) is 1.74. The summed E-state index contributed by atoms with van der Waals surface area (Å²) in [6, 6.07) is 7.22. The van der Waals surface area contributed by atoms with Gasteiger partial charge in [0, 0.05) is 43.5 Å². The Labute approximate surface area is 148 Å². The average molecular weight is 339 g/mol. The van der Waals surface area contributed by atoms with Crippen LogP contribution in [-0.2, 0) is 13.1 Å². The summed E-state index contributed by atoms with van der Waals surface area (Å²) in [5.41, 5.74) is 5.64. The van der Waals surface area contributed by atoms with Crippen molar-refractivity contribution in [2.75, 3.05) is 37.0 Å². The second-order valence-electron chi connectivity index (χ2n) is 7.33. The summed E-state index contributed by atoms with van der Waals surface area (Å²) in [4.78, 5) is 19.0. The Bertz CT molecular complexity index is 844. The third-order valence-electron chi connectivity index (χ3n) is 5.61. The summed E-state index contributed by atoms with van der Waals surface area (Å²) in [5, 5.41) is 6.50. The van der Waals surface area contributed by atoms with Crippen LogP contribution >= 0.6 is 0 Å². The van der Waals surface area contributed by atoms with E-state index >= 15 is 0 Å². The number of aromatic nitrogens is 2. The first-order valence-corrected chi connectivity index (χ1v) is 8.86. The standard InChI is InChI=1S/C19H25N5O/c1-13-18(9-20-21-19(13)25)24-10-14-5-4-6-17(16(14)12-24)23-8-7-15(11-23)22(2)3/h4-6,9,15H,7-8,10-12H2,1-3H3,(H,21,25). The van der Waals surface area contributed by atoms with Crippen LogP contribution in [0.25, 0.3) is 0 Å². The smallest absolute Gasteiger partial charge is 0.269 e. The zero-order valence-electron chi connectivity index (χ0n) is 15.1. The third-order valence-corrected chi connectivity index (χ3v) is 5.61. The normalized spacial score (nSPS) is 19.8. The summed E-state index contributed by atoms with van der Waals surface area (Å²) >= 11 is 0. The summed E-state index contributed by atoms with van der Waals surface area (Å²) < 4.78 is 0. The van der Waals surface area contributed by atoms with Gasteiger partial charge in [0.1, 0.15) is 0 Å². The maximum Gasteiger partial charge on any atom is 0.269 e. The van der Waals surface area contributed by atoms with E-state index in [0.29, 0.717) is 6.04 Å². The molecule has 4 rings (SSSR count). The first-order chi connectivity index (χ1) is 12.0. The van der Waals surface area contributed by atoms with Crippen molar-refractivity contribution in [1.29, 1.82) is 0 Å². The molecule has 1 saturated heterocycles. The lowest BCUT2D eigenvalue weighted by Crippen LogP contribution is -2.31. The minimum absolute atomic E-state index is 0.109. The minimum Gasteiger partial charge on any atom is -0.370 e. The molecule has 1 aromatic carbocycles. The average Bonchev–Trinajstić information content (AvgIpc) is 3.23. The number of hydrogen-bond donors (Lipinski definition) is 1. The molecular weight excluding hydrogens is 314 g/mol. The van der Waals surface area contributed by atoms with Crippen molar-refractivity contribution in [2.45, 2.75) is 32.5 Å². The molecule has 6 nitrogen and oxygen atoms in total. The first-order valence-electron chi connectivity index (χ1n) is 8.86. The number of H-pyrrole nitrogens is 1. The minimum atomic E-state index is -0.109. The lowest BCUT2D eigenvalue weighted by Gasteiger charge is -2.24. The number of benzene rings is 1. The van der Waals surface area contributed by atoms with E-state index in [1.54, 1.807) is 6.20 Å². The quantitative estimate of drug-likeness (QED) is 0.923. The van der Waals surface area contributed by atoms with Gasteiger partial charge in [-0.2, -0.15) is 5.10 Å². The molecule has 3 heterocycles. The maximum absolute atomic E-state index is 11.9. The molecule has 1 fully saturated rings. The van der Waals surface area contributed by atoms with Gasteiger partial charge in [0.05, 0.1) is 11.9 Å². The number of rotatable bonds is 3. The van der Waals surface area contributed by atoms with Crippen molar-refractivity contribution in [1.82, 2.24) is 15.1 Å². The van der Waals surface area contributed by atoms with Crippen LogP contribution in [0.1, 0.15) is 23.1 Å². The lowest BCUT2D eigenvalue weighted by molar-refractivity contribution is 0.315. The Balaban J connectivity index is 1.62. The van der Waals surface area contributed by atoms with Crippen molar-refractivity contribution in [3.05, 3.63) is 51.4 Å². The SMILES string of the molecule is Cc1c(N2Cc3cccc(N4CCC(N(C)C)C4)c3C2)cn[nH]c1=O. The van der Waals surface area contributed by atoms with Gasteiger partial charge in [0.25, 0.3) is 5.56 Å². The van der Waals surface area contributed by atoms with Gasteiger partial charge in [-0.1, -0.05) is 12.1 Å². The maximum atomic E-state index is 11.9.